The SMILES string of the molecule is CC(C)(CO)NC(=O)c1cc(F)c(F)c(C(F)(F)F)c1F. The van der Waals surface area contributed by atoms with Gasteiger partial charge in [-0.25, -0.2) is 13.2 Å². The van der Waals surface area contributed by atoms with Crippen LogP contribution in [0, 0.1) is 17.5 Å². The number of hydrogen-bond acceptors (Lipinski definition) is 2. The highest BCUT2D eigenvalue weighted by atomic mass is 19.4. The number of carbonyl (C=O) groups is 1. The van der Waals surface area contributed by atoms with Gasteiger partial charge in [0.25, 0.3) is 5.91 Å². The number of halogens is 6. The maximum atomic E-state index is 13.7. The molecule has 0 aliphatic carbocycles. The van der Waals surface area contributed by atoms with Gasteiger partial charge < -0.3 is 10.4 Å². The van der Waals surface area contributed by atoms with Crippen molar-refractivity contribution in [2.24, 2.45) is 0 Å². The zero-order valence-corrected chi connectivity index (χ0v) is 10.9. The lowest BCUT2D eigenvalue weighted by atomic mass is 10.0. The van der Waals surface area contributed by atoms with E-state index in [0.717, 1.165) is 0 Å². The highest BCUT2D eigenvalue weighted by Crippen LogP contribution is 2.35. The maximum Gasteiger partial charge on any atom is 0.422 e. The van der Waals surface area contributed by atoms with Crippen LogP contribution in [0.4, 0.5) is 26.3 Å². The van der Waals surface area contributed by atoms with Crippen LogP contribution in [0.3, 0.4) is 0 Å². The van der Waals surface area contributed by atoms with Gasteiger partial charge in [-0.3, -0.25) is 4.79 Å². The number of aliphatic hydroxyl groups excluding tert-OH is 1. The third-order valence-electron chi connectivity index (χ3n) is 2.53. The second kappa shape index (κ2) is 5.55. The monoisotopic (exact) mass is 315 g/mol. The number of rotatable bonds is 3. The molecule has 0 aliphatic heterocycles. The first-order chi connectivity index (χ1) is 9.40. The molecule has 118 valence electrons. The van der Waals surface area contributed by atoms with Crippen LogP contribution in [0.25, 0.3) is 0 Å². The van der Waals surface area contributed by atoms with Crippen LogP contribution >= 0.6 is 0 Å². The average molecular weight is 315 g/mol. The number of nitrogens with one attached hydrogen (secondary N) is 1. The van der Waals surface area contributed by atoms with Gasteiger partial charge in [-0.05, 0) is 19.9 Å². The Kier molecular flexibility index (Phi) is 4.57. The first-order valence-electron chi connectivity index (χ1n) is 5.59. The third-order valence-corrected chi connectivity index (χ3v) is 2.53. The van der Waals surface area contributed by atoms with E-state index >= 15 is 0 Å². The molecule has 0 heterocycles. The van der Waals surface area contributed by atoms with Crippen LogP contribution in [-0.4, -0.2) is 23.2 Å². The summed E-state index contributed by atoms with van der Waals surface area (Å²) in [6.07, 6.45) is -5.50. The highest BCUT2D eigenvalue weighted by Gasteiger charge is 2.41. The smallest absolute Gasteiger partial charge is 0.394 e. The fraction of sp³-hybridized carbons (Fsp3) is 0.417. The number of benzene rings is 1. The van der Waals surface area contributed by atoms with Gasteiger partial charge in [0.2, 0.25) is 0 Å². The second-order valence-electron chi connectivity index (χ2n) is 4.90. The zero-order chi connectivity index (χ0) is 16.6. The molecule has 0 aromatic heterocycles. The summed E-state index contributed by atoms with van der Waals surface area (Å²) in [5, 5.41) is 10.9. The molecule has 0 atom stereocenters. The molecule has 1 amide bonds. The summed E-state index contributed by atoms with van der Waals surface area (Å²) >= 11 is 0. The summed E-state index contributed by atoms with van der Waals surface area (Å²) in [7, 11) is 0. The number of aliphatic hydroxyl groups is 1. The summed E-state index contributed by atoms with van der Waals surface area (Å²) in [6.45, 7) is 2.00. The summed E-state index contributed by atoms with van der Waals surface area (Å²) in [6, 6.07) is 0.0305. The molecule has 1 aromatic carbocycles. The Hall–Kier alpha value is -1.77. The van der Waals surface area contributed by atoms with E-state index in [4.69, 9.17) is 5.11 Å². The lowest BCUT2D eigenvalue weighted by Crippen LogP contribution is -2.46. The molecule has 0 spiro atoms. The normalized spacial score (nSPS) is 12.4. The van der Waals surface area contributed by atoms with Gasteiger partial charge in [0.1, 0.15) is 5.56 Å². The molecule has 0 fully saturated rings. The average Bonchev–Trinajstić information content (AvgIpc) is 2.31. The Morgan fingerprint density at radius 3 is 2.14 bits per heavy atom. The van der Waals surface area contributed by atoms with Crippen molar-refractivity contribution < 1.29 is 36.2 Å². The van der Waals surface area contributed by atoms with E-state index in [1.54, 1.807) is 0 Å². The number of hydrogen-bond donors (Lipinski definition) is 2. The molecule has 21 heavy (non-hydrogen) atoms. The molecule has 0 saturated heterocycles. The van der Waals surface area contributed by atoms with E-state index in [9.17, 15) is 31.1 Å². The summed E-state index contributed by atoms with van der Waals surface area (Å²) < 4.78 is 77.5. The number of alkyl halides is 3. The molecule has 0 unspecified atom stereocenters. The first kappa shape index (κ1) is 17.3. The van der Waals surface area contributed by atoms with Crippen molar-refractivity contribution >= 4 is 5.91 Å². The van der Waals surface area contributed by atoms with Crippen LogP contribution in [0.2, 0.25) is 0 Å². The van der Waals surface area contributed by atoms with Crippen molar-refractivity contribution in [1.82, 2.24) is 5.32 Å². The van der Waals surface area contributed by atoms with Gasteiger partial charge in [-0.15, -0.1) is 0 Å². The van der Waals surface area contributed by atoms with E-state index in [1.807, 2.05) is 5.32 Å². The highest BCUT2D eigenvalue weighted by molar-refractivity contribution is 5.95. The lowest BCUT2D eigenvalue weighted by Gasteiger charge is -2.24. The Morgan fingerprint density at radius 1 is 1.19 bits per heavy atom. The number of amides is 1. The third kappa shape index (κ3) is 3.66. The Morgan fingerprint density at radius 2 is 1.71 bits per heavy atom. The summed E-state index contributed by atoms with van der Waals surface area (Å²) in [5.41, 5.74) is -5.07. The minimum atomic E-state index is -5.50. The topological polar surface area (TPSA) is 49.3 Å². The molecular weight excluding hydrogens is 304 g/mol. The van der Waals surface area contributed by atoms with Crippen molar-refractivity contribution in [3.8, 4) is 0 Å². The van der Waals surface area contributed by atoms with Crippen LogP contribution in [0.5, 0.6) is 0 Å². The van der Waals surface area contributed by atoms with E-state index in [1.165, 1.54) is 13.8 Å². The van der Waals surface area contributed by atoms with Crippen molar-refractivity contribution in [1.29, 1.82) is 0 Å². The Labute approximate surface area is 115 Å². The lowest BCUT2D eigenvalue weighted by molar-refractivity contribution is -0.142. The van der Waals surface area contributed by atoms with E-state index in [0.29, 0.717) is 0 Å². The molecule has 1 aromatic rings. The molecule has 9 heteroatoms. The van der Waals surface area contributed by atoms with Gasteiger partial charge in [-0.2, -0.15) is 13.2 Å². The van der Waals surface area contributed by atoms with Crippen LogP contribution in [0.15, 0.2) is 6.07 Å². The first-order valence-corrected chi connectivity index (χ1v) is 5.59. The largest absolute Gasteiger partial charge is 0.422 e. The van der Waals surface area contributed by atoms with Gasteiger partial charge in [-0.1, -0.05) is 0 Å². The summed E-state index contributed by atoms with van der Waals surface area (Å²) in [5.74, 6) is -8.04. The van der Waals surface area contributed by atoms with Gasteiger partial charge in [0.15, 0.2) is 17.5 Å². The van der Waals surface area contributed by atoms with Gasteiger partial charge >= 0.3 is 6.18 Å². The van der Waals surface area contributed by atoms with Crippen molar-refractivity contribution in [3.63, 3.8) is 0 Å². The standard InChI is InChI=1S/C12H11F6NO2/c1-11(2,4-20)19-10(21)5-3-6(13)9(15)7(8(5)14)12(16,17)18/h3,20H,4H2,1-2H3,(H,19,21). The fourth-order valence-corrected chi connectivity index (χ4v) is 1.43. The van der Waals surface area contributed by atoms with Crippen LogP contribution < -0.4 is 5.32 Å². The number of carbonyl (C=O) groups excluding carboxylic acids is 1. The quantitative estimate of drug-likeness (QED) is 0.665. The van der Waals surface area contributed by atoms with Crippen molar-refractivity contribution in [2.75, 3.05) is 6.61 Å². The fourth-order valence-electron chi connectivity index (χ4n) is 1.43. The summed E-state index contributed by atoms with van der Waals surface area (Å²) in [4.78, 5) is 11.7. The molecule has 0 radical (unpaired) electrons. The maximum absolute atomic E-state index is 13.7. The van der Waals surface area contributed by atoms with E-state index < -0.39 is 52.8 Å². The minimum Gasteiger partial charge on any atom is -0.394 e. The molecule has 0 bridgehead atoms. The van der Waals surface area contributed by atoms with Gasteiger partial charge in [0, 0.05) is 0 Å². The Balaban J connectivity index is 3.40. The van der Waals surface area contributed by atoms with Crippen LogP contribution in [-0.2, 0) is 6.18 Å². The van der Waals surface area contributed by atoms with Crippen LogP contribution in [0.1, 0.15) is 29.8 Å². The van der Waals surface area contributed by atoms with Crippen molar-refractivity contribution in [2.45, 2.75) is 25.6 Å². The predicted octanol–water partition coefficient (Wildman–Crippen LogP) is 2.62. The predicted molar refractivity (Wildman–Crippen MR) is 59.9 cm³/mol. The van der Waals surface area contributed by atoms with Gasteiger partial charge in [0.05, 0.1) is 17.7 Å². The van der Waals surface area contributed by atoms with E-state index in [-0.39, 0.29) is 6.07 Å². The Bertz CT molecular complexity index is 568. The molecule has 0 aliphatic rings. The van der Waals surface area contributed by atoms with Crippen molar-refractivity contribution in [3.05, 3.63) is 34.6 Å². The molecule has 0 saturated carbocycles. The molecule has 3 nitrogen and oxygen atoms in total. The molecule has 1 rings (SSSR count). The van der Waals surface area contributed by atoms with E-state index in [2.05, 4.69) is 0 Å². The molecular formula is C12H11F6NO2. The zero-order valence-electron chi connectivity index (χ0n) is 10.9. The molecule has 2 N–H and O–H groups in total. The second-order valence-corrected chi connectivity index (χ2v) is 4.90. The minimum absolute atomic E-state index is 0.0305.